The summed E-state index contributed by atoms with van der Waals surface area (Å²) in [5.74, 6) is -0.266. The molecule has 1 N–H and O–H groups in total. The Morgan fingerprint density at radius 2 is 2.05 bits per heavy atom. The molecule has 2 aromatic rings. The average molecular weight is 317 g/mol. The second-order valence-electron chi connectivity index (χ2n) is 4.55. The lowest BCUT2D eigenvalue weighted by atomic mass is 10.1. The molecule has 0 aliphatic carbocycles. The normalized spacial score (nSPS) is 10.8. The summed E-state index contributed by atoms with van der Waals surface area (Å²) in [6.45, 7) is 2.08. The van der Waals surface area contributed by atoms with E-state index in [1.807, 2.05) is 12.1 Å². The molecule has 2 rings (SSSR count). The molecule has 0 aliphatic heterocycles. The van der Waals surface area contributed by atoms with Crippen molar-refractivity contribution in [3.63, 3.8) is 0 Å². The van der Waals surface area contributed by atoms with Crippen molar-refractivity contribution < 1.29 is 9.72 Å². The van der Waals surface area contributed by atoms with Gasteiger partial charge in [0.2, 0.25) is 5.91 Å². The highest BCUT2D eigenvalue weighted by atomic mass is 32.1. The number of nitro benzene ring substituents is 1. The maximum absolute atomic E-state index is 11.7. The van der Waals surface area contributed by atoms with Crippen molar-refractivity contribution in [3.05, 3.63) is 61.8 Å². The van der Waals surface area contributed by atoms with Gasteiger partial charge in [0, 0.05) is 21.9 Å². The molecule has 6 nitrogen and oxygen atoms in total. The van der Waals surface area contributed by atoms with Gasteiger partial charge in [0.1, 0.15) is 0 Å². The summed E-state index contributed by atoms with van der Waals surface area (Å²) >= 11 is 1.63. The van der Waals surface area contributed by atoms with E-state index in [0.717, 1.165) is 11.3 Å². The lowest BCUT2D eigenvalue weighted by molar-refractivity contribution is -0.384. The first-order valence-electron chi connectivity index (χ1n) is 6.72. The Hall–Kier alpha value is -2.54. The van der Waals surface area contributed by atoms with Crippen molar-refractivity contribution in [1.29, 1.82) is 0 Å². The van der Waals surface area contributed by atoms with Crippen LogP contribution in [-0.2, 0) is 17.6 Å². The lowest BCUT2D eigenvalue weighted by Gasteiger charge is -2.00. The topological polar surface area (TPSA) is 84.6 Å². The van der Waals surface area contributed by atoms with Gasteiger partial charge in [-0.25, -0.2) is 5.43 Å². The Kier molecular flexibility index (Phi) is 5.37. The van der Waals surface area contributed by atoms with Crippen LogP contribution in [0, 0.1) is 10.1 Å². The maximum Gasteiger partial charge on any atom is 0.269 e. The molecule has 0 radical (unpaired) electrons. The van der Waals surface area contributed by atoms with Crippen molar-refractivity contribution in [2.45, 2.75) is 19.8 Å². The van der Waals surface area contributed by atoms with Gasteiger partial charge in [-0.1, -0.05) is 19.1 Å². The number of nitrogens with zero attached hydrogens (tertiary/aromatic N) is 2. The molecule has 0 unspecified atom stereocenters. The summed E-state index contributed by atoms with van der Waals surface area (Å²) in [5, 5.41) is 14.5. The van der Waals surface area contributed by atoms with Gasteiger partial charge in [0.25, 0.3) is 5.69 Å². The van der Waals surface area contributed by atoms with Crippen molar-refractivity contribution in [1.82, 2.24) is 5.43 Å². The highest BCUT2D eigenvalue weighted by molar-refractivity contribution is 7.13. The third-order valence-corrected chi connectivity index (χ3v) is 4.09. The molecular weight excluding hydrogens is 302 g/mol. The number of thiophene rings is 1. The molecule has 1 heterocycles. The van der Waals surface area contributed by atoms with Crippen LogP contribution in [0.5, 0.6) is 0 Å². The number of amides is 1. The minimum Gasteiger partial charge on any atom is -0.273 e. The first-order chi connectivity index (χ1) is 10.6. The molecule has 22 heavy (non-hydrogen) atoms. The first-order valence-corrected chi connectivity index (χ1v) is 7.54. The summed E-state index contributed by atoms with van der Waals surface area (Å²) in [5.41, 5.74) is 3.15. The monoisotopic (exact) mass is 317 g/mol. The molecule has 0 atom stereocenters. The van der Waals surface area contributed by atoms with Crippen molar-refractivity contribution in [3.8, 4) is 0 Å². The molecule has 0 spiro atoms. The average Bonchev–Trinajstić information content (AvgIpc) is 2.96. The van der Waals surface area contributed by atoms with Gasteiger partial charge in [-0.3, -0.25) is 14.9 Å². The van der Waals surface area contributed by atoms with Gasteiger partial charge in [-0.2, -0.15) is 5.10 Å². The number of benzene rings is 1. The van der Waals surface area contributed by atoms with Crippen LogP contribution in [0.1, 0.15) is 22.2 Å². The van der Waals surface area contributed by atoms with Crippen LogP contribution in [0.2, 0.25) is 0 Å². The van der Waals surface area contributed by atoms with Crippen molar-refractivity contribution in [2.75, 3.05) is 0 Å². The van der Waals surface area contributed by atoms with Gasteiger partial charge in [-0.05, 0) is 24.1 Å². The minimum absolute atomic E-state index is 0.00611. The third-order valence-electron chi connectivity index (χ3n) is 2.92. The summed E-state index contributed by atoms with van der Waals surface area (Å²) in [7, 11) is 0. The molecule has 7 heteroatoms. The van der Waals surface area contributed by atoms with E-state index in [1.54, 1.807) is 29.7 Å². The Balaban J connectivity index is 1.85. The molecule has 0 fully saturated rings. The van der Waals surface area contributed by atoms with Gasteiger partial charge in [-0.15, -0.1) is 11.3 Å². The molecular formula is C15H15N3O3S. The number of carbonyl (C=O) groups excluding carboxylic acids is 1. The summed E-state index contributed by atoms with van der Waals surface area (Å²) < 4.78 is 0. The Labute approximate surface area is 131 Å². The summed E-state index contributed by atoms with van der Waals surface area (Å²) in [4.78, 5) is 24.0. The van der Waals surface area contributed by atoms with Gasteiger partial charge < -0.3 is 0 Å². The van der Waals surface area contributed by atoms with Gasteiger partial charge in [0.05, 0.1) is 17.6 Å². The fourth-order valence-corrected chi connectivity index (χ4v) is 2.61. The van der Waals surface area contributed by atoms with E-state index >= 15 is 0 Å². The first kappa shape index (κ1) is 15.8. The number of carbonyl (C=O) groups is 1. The minimum atomic E-state index is -0.472. The zero-order valence-corrected chi connectivity index (χ0v) is 12.8. The second-order valence-corrected chi connectivity index (χ2v) is 5.75. The number of nitrogens with one attached hydrogen (secondary N) is 1. The number of non-ortho nitro benzene ring substituents is 1. The molecule has 1 amide bonds. The van der Waals surface area contributed by atoms with Gasteiger partial charge >= 0.3 is 0 Å². The van der Waals surface area contributed by atoms with Crippen molar-refractivity contribution >= 4 is 29.1 Å². The third kappa shape index (κ3) is 4.49. The fourth-order valence-electron chi connectivity index (χ4n) is 1.78. The molecule has 0 saturated heterocycles. The summed E-state index contributed by atoms with van der Waals surface area (Å²) in [6, 6.07) is 9.87. The van der Waals surface area contributed by atoms with Crippen LogP contribution < -0.4 is 5.43 Å². The second kappa shape index (κ2) is 7.46. The predicted octanol–water partition coefficient (Wildman–Crippen LogP) is 2.91. The Morgan fingerprint density at radius 1 is 1.32 bits per heavy atom. The van der Waals surface area contributed by atoms with Crippen LogP contribution in [-0.4, -0.2) is 17.0 Å². The molecule has 0 aliphatic rings. The zero-order chi connectivity index (χ0) is 15.9. The summed E-state index contributed by atoms with van der Waals surface area (Å²) in [6.07, 6.45) is 2.71. The van der Waals surface area contributed by atoms with E-state index in [1.165, 1.54) is 17.0 Å². The van der Waals surface area contributed by atoms with E-state index < -0.39 is 4.92 Å². The van der Waals surface area contributed by atoms with E-state index in [4.69, 9.17) is 0 Å². The van der Waals surface area contributed by atoms with E-state index in [0.29, 0.717) is 5.56 Å². The molecule has 1 aromatic carbocycles. The largest absolute Gasteiger partial charge is 0.273 e. The number of hydrogen-bond donors (Lipinski definition) is 1. The fraction of sp³-hybridized carbons (Fsp3) is 0.200. The maximum atomic E-state index is 11.7. The Morgan fingerprint density at radius 3 is 2.64 bits per heavy atom. The number of rotatable bonds is 6. The highest BCUT2D eigenvalue weighted by Crippen LogP contribution is 2.14. The van der Waals surface area contributed by atoms with E-state index in [2.05, 4.69) is 17.5 Å². The van der Waals surface area contributed by atoms with Crippen LogP contribution in [0.25, 0.3) is 0 Å². The SMILES string of the molecule is CCc1ccc(/C=N/NC(=O)Cc2ccc([N+](=O)[O-])cc2)s1. The molecule has 114 valence electrons. The number of nitro groups is 1. The highest BCUT2D eigenvalue weighted by Gasteiger charge is 2.06. The van der Waals surface area contributed by atoms with Crippen LogP contribution in [0.15, 0.2) is 41.5 Å². The smallest absolute Gasteiger partial charge is 0.269 e. The lowest BCUT2D eigenvalue weighted by Crippen LogP contribution is -2.19. The Bertz CT molecular complexity index is 692. The number of hydrogen-bond acceptors (Lipinski definition) is 5. The van der Waals surface area contributed by atoms with Crippen molar-refractivity contribution in [2.24, 2.45) is 5.10 Å². The molecule has 0 saturated carbocycles. The van der Waals surface area contributed by atoms with Crippen LogP contribution in [0.4, 0.5) is 5.69 Å². The number of aryl methyl sites for hydroxylation is 1. The van der Waals surface area contributed by atoms with E-state index in [9.17, 15) is 14.9 Å². The predicted molar refractivity (Wildman–Crippen MR) is 86.2 cm³/mol. The molecule has 1 aromatic heterocycles. The van der Waals surface area contributed by atoms with Gasteiger partial charge in [0.15, 0.2) is 0 Å². The standard InChI is InChI=1S/C15H15N3O3S/c1-2-13-7-8-14(22-13)10-16-17-15(19)9-11-3-5-12(6-4-11)18(20)21/h3-8,10H,2,9H2,1H3,(H,17,19)/b16-10+. The van der Waals surface area contributed by atoms with E-state index in [-0.39, 0.29) is 18.0 Å². The van der Waals surface area contributed by atoms with Crippen LogP contribution in [0.3, 0.4) is 0 Å². The molecule has 0 bridgehead atoms. The quantitative estimate of drug-likeness (QED) is 0.505. The zero-order valence-electron chi connectivity index (χ0n) is 12.0. The van der Waals surface area contributed by atoms with Crippen LogP contribution >= 0.6 is 11.3 Å². The number of hydrazone groups is 1.